The lowest BCUT2D eigenvalue weighted by Gasteiger charge is -2.31. The highest BCUT2D eigenvalue weighted by molar-refractivity contribution is 6.32. The van der Waals surface area contributed by atoms with Gasteiger partial charge in [-0.25, -0.2) is 0 Å². The van der Waals surface area contributed by atoms with E-state index in [0.717, 1.165) is 0 Å². The monoisotopic (exact) mass is 259 g/mol. The third-order valence-electron chi connectivity index (χ3n) is 2.91. The lowest BCUT2D eigenvalue weighted by molar-refractivity contribution is 0.130. The van der Waals surface area contributed by atoms with Crippen LogP contribution in [0.4, 0.5) is 0 Å². The van der Waals surface area contributed by atoms with Gasteiger partial charge in [-0.05, 0) is 12.1 Å². The number of phenols is 1. The molecule has 0 heterocycles. The summed E-state index contributed by atoms with van der Waals surface area (Å²) in [6.07, 6.45) is 0. The fraction of sp³-hybridized carbons (Fsp3) is 0.500. The minimum atomic E-state index is -0.588. The predicted octanol–water partition coefficient (Wildman–Crippen LogP) is 2.07. The van der Waals surface area contributed by atoms with Gasteiger partial charge in [0.15, 0.2) is 0 Å². The molecule has 5 heteroatoms. The molecule has 0 fully saturated rings. The van der Waals surface area contributed by atoms with Crippen LogP contribution in [0.1, 0.15) is 25.5 Å². The van der Waals surface area contributed by atoms with Crippen molar-refractivity contribution in [3.63, 3.8) is 0 Å². The smallest absolute Gasteiger partial charge is 0.142 e. The van der Waals surface area contributed by atoms with Gasteiger partial charge in [-0.2, -0.15) is 0 Å². The molecule has 1 aromatic carbocycles. The minimum absolute atomic E-state index is 0.0972. The van der Waals surface area contributed by atoms with E-state index in [0.29, 0.717) is 11.3 Å². The van der Waals surface area contributed by atoms with Crippen LogP contribution in [0.15, 0.2) is 12.1 Å². The van der Waals surface area contributed by atoms with Crippen LogP contribution in [0.25, 0.3) is 0 Å². The zero-order chi connectivity index (χ0) is 13.2. The number of aliphatic hydroxyl groups excluding tert-OH is 1. The van der Waals surface area contributed by atoms with Crippen LogP contribution in [0.2, 0.25) is 5.02 Å². The lowest BCUT2D eigenvalue weighted by atomic mass is 9.81. The van der Waals surface area contributed by atoms with Crippen LogP contribution in [0, 0.1) is 5.41 Å². The van der Waals surface area contributed by atoms with Crippen molar-refractivity contribution in [3.8, 4) is 11.5 Å². The molecule has 96 valence electrons. The first-order chi connectivity index (χ1) is 7.85. The largest absolute Gasteiger partial charge is 0.506 e. The Morgan fingerprint density at radius 3 is 2.53 bits per heavy atom. The Balaban J connectivity index is 3.33. The summed E-state index contributed by atoms with van der Waals surface area (Å²) < 4.78 is 5.16. The molecule has 0 unspecified atom stereocenters. The fourth-order valence-corrected chi connectivity index (χ4v) is 1.70. The van der Waals surface area contributed by atoms with Crippen LogP contribution >= 0.6 is 11.6 Å². The van der Waals surface area contributed by atoms with Gasteiger partial charge in [0.1, 0.15) is 11.5 Å². The summed E-state index contributed by atoms with van der Waals surface area (Å²) in [5, 5.41) is 19.5. The van der Waals surface area contributed by atoms with Gasteiger partial charge in [0.25, 0.3) is 0 Å². The third-order valence-corrected chi connectivity index (χ3v) is 3.21. The Bertz CT molecular complexity index is 407. The Morgan fingerprint density at radius 1 is 1.47 bits per heavy atom. The van der Waals surface area contributed by atoms with E-state index in [1.807, 2.05) is 0 Å². The number of methoxy groups -OCH3 is 1. The highest BCUT2D eigenvalue weighted by Gasteiger charge is 2.32. The summed E-state index contributed by atoms with van der Waals surface area (Å²) in [6.45, 7) is 3.50. The van der Waals surface area contributed by atoms with E-state index in [1.54, 1.807) is 19.9 Å². The van der Waals surface area contributed by atoms with E-state index in [2.05, 4.69) is 0 Å². The maximum Gasteiger partial charge on any atom is 0.142 e. The zero-order valence-corrected chi connectivity index (χ0v) is 11.0. The van der Waals surface area contributed by atoms with Gasteiger partial charge >= 0.3 is 0 Å². The lowest BCUT2D eigenvalue weighted by Crippen LogP contribution is -2.32. The second-order valence-corrected chi connectivity index (χ2v) is 5.04. The molecule has 1 aromatic rings. The molecule has 0 aliphatic heterocycles. The first kappa shape index (κ1) is 14.1. The van der Waals surface area contributed by atoms with E-state index in [1.165, 1.54) is 13.2 Å². The van der Waals surface area contributed by atoms with Gasteiger partial charge < -0.3 is 20.7 Å². The molecule has 0 saturated carbocycles. The molecule has 1 rings (SSSR count). The molecular weight excluding hydrogens is 242 g/mol. The normalized spacial score (nSPS) is 13.5. The third kappa shape index (κ3) is 2.65. The summed E-state index contributed by atoms with van der Waals surface area (Å²) in [4.78, 5) is 0. The molecule has 0 aliphatic rings. The Morgan fingerprint density at radius 2 is 2.06 bits per heavy atom. The van der Waals surface area contributed by atoms with Crippen molar-refractivity contribution in [2.75, 3.05) is 13.7 Å². The molecule has 0 saturated heterocycles. The average Bonchev–Trinajstić information content (AvgIpc) is 2.31. The topological polar surface area (TPSA) is 75.7 Å². The van der Waals surface area contributed by atoms with Crippen molar-refractivity contribution in [2.24, 2.45) is 11.1 Å². The van der Waals surface area contributed by atoms with Crippen molar-refractivity contribution in [1.82, 2.24) is 0 Å². The number of aromatic hydroxyl groups is 1. The van der Waals surface area contributed by atoms with Gasteiger partial charge in [-0.3, -0.25) is 0 Å². The van der Waals surface area contributed by atoms with E-state index >= 15 is 0 Å². The van der Waals surface area contributed by atoms with Crippen molar-refractivity contribution >= 4 is 11.6 Å². The number of phenolic OH excluding ortho intramolecular Hbond substituents is 1. The molecule has 0 radical (unpaired) electrons. The molecule has 0 aromatic heterocycles. The molecule has 4 nitrogen and oxygen atoms in total. The van der Waals surface area contributed by atoms with Gasteiger partial charge in [0.05, 0.1) is 17.7 Å². The number of rotatable bonds is 4. The minimum Gasteiger partial charge on any atom is -0.506 e. The van der Waals surface area contributed by atoms with Crippen LogP contribution < -0.4 is 10.5 Å². The number of hydrogen-bond donors (Lipinski definition) is 3. The molecule has 1 atom stereocenters. The van der Waals surface area contributed by atoms with Crippen molar-refractivity contribution in [2.45, 2.75) is 19.9 Å². The summed E-state index contributed by atoms with van der Waals surface area (Å²) in [6, 6.07) is 2.60. The summed E-state index contributed by atoms with van der Waals surface area (Å²) in [7, 11) is 1.49. The Hall–Kier alpha value is -0.970. The SMILES string of the molecule is COc1ccc(Cl)c(O)c1[C@@H](N)C(C)(C)CO. The van der Waals surface area contributed by atoms with Crippen LogP contribution in [-0.2, 0) is 0 Å². The highest BCUT2D eigenvalue weighted by Crippen LogP contribution is 2.43. The number of aliphatic hydroxyl groups is 1. The maximum atomic E-state index is 9.97. The van der Waals surface area contributed by atoms with Gasteiger partial charge in [0, 0.05) is 18.1 Å². The molecule has 4 N–H and O–H groups in total. The Kier molecular flexibility index (Phi) is 4.25. The molecule has 0 amide bonds. The molecule has 17 heavy (non-hydrogen) atoms. The van der Waals surface area contributed by atoms with Crippen LogP contribution in [0.5, 0.6) is 11.5 Å². The standard InChI is InChI=1S/C12H18ClNO3/c1-12(2,6-15)11(14)9-8(17-3)5-4-7(13)10(9)16/h4-5,11,15-16H,6,14H2,1-3H3/t11-/m1/s1. The number of hydrogen-bond acceptors (Lipinski definition) is 4. The maximum absolute atomic E-state index is 9.97. The first-order valence-corrected chi connectivity index (χ1v) is 5.64. The predicted molar refractivity (Wildman–Crippen MR) is 67.5 cm³/mol. The molecule has 0 spiro atoms. The van der Waals surface area contributed by atoms with Crippen LogP contribution in [0.3, 0.4) is 0 Å². The second kappa shape index (κ2) is 5.12. The number of ether oxygens (including phenoxy) is 1. The number of nitrogens with two attached hydrogens (primary N) is 1. The van der Waals surface area contributed by atoms with Crippen molar-refractivity contribution in [3.05, 3.63) is 22.7 Å². The molecule has 0 aliphatic carbocycles. The second-order valence-electron chi connectivity index (χ2n) is 4.64. The Labute approximate surface area is 106 Å². The zero-order valence-electron chi connectivity index (χ0n) is 10.2. The van der Waals surface area contributed by atoms with Gasteiger partial charge in [-0.15, -0.1) is 0 Å². The number of benzene rings is 1. The summed E-state index contributed by atoms with van der Waals surface area (Å²) in [5.41, 5.74) is 5.90. The molecular formula is C12H18ClNO3. The van der Waals surface area contributed by atoms with Crippen molar-refractivity contribution in [1.29, 1.82) is 0 Å². The van der Waals surface area contributed by atoms with E-state index < -0.39 is 11.5 Å². The summed E-state index contributed by atoms with van der Waals surface area (Å²) >= 11 is 5.86. The van der Waals surface area contributed by atoms with Gasteiger partial charge in [0.2, 0.25) is 0 Å². The van der Waals surface area contributed by atoms with E-state index in [-0.39, 0.29) is 17.4 Å². The number of halogens is 1. The van der Waals surface area contributed by atoms with E-state index in [4.69, 9.17) is 22.1 Å². The van der Waals surface area contributed by atoms with Gasteiger partial charge in [-0.1, -0.05) is 25.4 Å². The van der Waals surface area contributed by atoms with E-state index in [9.17, 15) is 10.2 Å². The summed E-state index contributed by atoms with van der Waals surface area (Å²) in [5.74, 6) is 0.362. The highest BCUT2D eigenvalue weighted by atomic mass is 35.5. The van der Waals surface area contributed by atoms with Crippen LogP contribution in [-0.4, -0.2) is 23.9 Å². The average molecular weight is 260 g/mol. The molecule has 0 bridgehead atoms. The van der Waals surface area contributed by atoms with Crippen molar-refractivity contribution < 1.29 is 14.9 Å². The fourth-order valence-electron chi connectivity index (χ4n) is 1.53. The quantitative estimate of drug-likeness (QED) is 0.774. The first-order valence-electron chi connectivity index (χ1n) is 5.27.